The van der Waals surface area contributed by atoms with Crippen molar-refractivity contribution >= 4 is 70.4 Å². The van der Waals surface area contributed by atoms with E-state index in [4.69, 9.17) is 0 Å². The van der Waals surface area contributed by atoms with Crippen LogP contribution in [0, 0.1) is 11.3 Å². The zero-order chi connectivity index (χ0) is 35.3. The van der Waals surface area contributed by atoms with Crippen molar-refractivity contribution in [1.29, 1.82) is 5.26 Å². The molecule has 0 spiro atoms. The van der Waals surface area contributed by atoms with Crippen molar-refractivity contribution in [1.82, 2.24) is 4.57 Å². The van der Waals surface area contributed by atoms with Gasteiger partial charge in [-0.15, -0.1) is 11.3 Å². The second-order valence-corrected chi connectivity index (χ2v) is 14.4. The number of thiophene rings is 1. The van der Waals surface area contributed by atoms with Crippen LogP contribution < -0.4 is 4.90 Å². The molecule has 0 saturated heterocycles. The number of nitrogens with zero attached hydrogens (tertiary/aromatic N) is 3. The van der Waals surface area contributed by atoms with Crippen molar-refractivity contribution in [2.24, 2.45) is 0 Å². The van der Waals surface area contributed by atoms with Crippen molar-refractivity contribution < 1.29 is 0 Å². The molecule has 248 valence electrons. The summed E-state index contributed by atoms with van der Waals surface area (Å²) in [4.78, 5) is 2.36. The Labute approximate surface area is 311 Å². The summed E-state index contributed by atoms with van der Waals surface area (Å²) in [6, 6.07) is 69.2. The van der Waals surface area contributed by atoms with E-state index in [1.54, 1.807) is 0 Å². The van der Waals surface area contributed by atoms with Crippen molar-refractivity contribution in [3.63, 3.8) is 0 Å². The zero-order valence-corrected chi connectivity index (χ0v) is 29.5. The van der Waals surface area contributed by atoms with Crippen molar-refractivity contribution in [2.45, 2.75) is 0 Å². The Balaban J connectivity index is 1.07. The van der Waals surface area contributed by atoms with Gasteiger partial charge in [-0.05, 0) is 113 Å². The Bertz CT molecular complexity index is 2980. The summed E-state index contributed by atoms with van der Waals surface area (Å²) < 4.78 is 4.88. The molecule has 0 saturated carbocycles. The van der Waals surface area contributed by atoms with Crippen LogP contribution in [0.1, 0.15) is 5.56 Å². The first-order valence-corrected chi connectivity index (χ1v) is 18.5. The summed E-state index contributed by atoms with van der Waals surface area (Å²) in [5, 5.41) is 14.3. The lowest BCUT2D eigenvalue weighted by Crippen LogP contribution is -2.09. The lowest BCUT2D eigenvalue weighted by atomic mass is 10.0. The minimum atomic E-state index is 0.656. The number of hydrogen-bond acceptors (Lipinski definition) is 3. The minimum absolute atomic E-state index is 0.656. The molecular formula is C49H31N3S. The molecule has 0 amide bonds. The van der Waals surface area contributed by atoms with Gasteiger partial charge in [-0.1, -0.05) is 97.1 Å². The number of hydrogen-bond donors (Lipinski definition) is 0. The fraction of sp³-hybridized carbons (Fsp3) is 0. The van der Waals surface area contributed by atoms with E-state index in [0.29, 0.717) is 5.56 Å². The lowest BCUT2D eigenvalue weighted by molar-refractivity contribution is 1.18. The van der Waals surface area contributed by atoms with Gasteiger partial charge < -0.3 is 9.47 Å². The highest BCUT2D eigenvalue weighted by Crippen LogP contribution is 2.42. The van der Waals surface area contributed by atoms with Gasteiger partial charge in [0.05, 0.1) is 22.7 Å². The summed E-state index contributed by atoms with van der Waals surface area (Å²) in [6.07, 6.45) is 0. The molecule has 0 unspecified atom stereocenters. The molecule has 0 aliphatic heterocycles. The molecule has 0 aliphatic rings. The van der Waals surface area contributed by atoms with Gasteiger partial charge in [0.2, 0.25) is 0 Å². The van der Waals surface area contributed by atoms with Gasteiger partial charge in [-0.3, -0.25) is 0 Å². The van der Waals surface area contributed by atoms with Crippen LogP contribution in [0.4, 0.5) is 17.1 Å². The highest BCUT2D eigenvalue weighted by Gasteiger charge is 2.17. The summed E-state index contributed by atoms with van der Waals surface area (Å²) in [6.45, 7) is 0. The van der Waals surface area contributed by atoms with Gasteiger partial charge in [0.15, 0.2) is 0 Å². The molecule has 0 radical (unpaired) electrons. The smallest absolute Gasteiger partial charge is 0.0991 e. The summed E-state index contributed by atoms with van der Waals surface area (Å²) in [7, 11) is 0. The first-order valence-electron chi connectivity index (χ1n) is 17.7. The SMILES string of the molecule is N#Cc1ccc(-n2c3ccccc3c3cc(-c4ccc(N(c5ccc(-c6ccccc6)cc5)c5ccc6sc7ccccc7c6c5)cc4)ccc32)cc1. The number of nitriles is 1. The molecule has 2 aromatic heterocycles. The van der Waals surface area contributed by atoms with Crippen molar-refractivity contribution in [3.05, 3.63) is 194 Å². The quantitative estimate of drug-likeness (QED) is 0.174. The van der Waals surface area contributed by atoms with Crippen LogP contribution in [0.2, 0.25) is 0 Å². The first kappa shape index (κ1) is 30.9. The van der Waals surface area contributed by atoms with Gasteiger partial charge in [0.25, 0.3) is 0 Å². The topological polar surface area (TPSA) is 32.0 Å². The third kappa shape index (κ3) is 5.34. The molecule has 0 fully saturated rings. The predicted molar refractivity (Wildman–Crippen MR) is 224 cm³/mol. The van der Waals surface area contributed by atoms with Crippen LogP contribution in [0.25, 0.3) is 69.9 Å². The van der Waals surface area contributed by atoms with Gasteiger partial charge in [-0.2, -0.15) is 5.26 Å². The molecule has 0 bridgehead atoms. The fourth-order valence-corrected chi connectivity index (χ4v) is 8.74. The largest absolute Gasteiger partial charge is 0.310 e. The Hall–Kier alpha value is -6.93. The van der Waals surface area contributed by atoms with Crippen LogP contribution >= 0.6 is 11.3 Å². The monoisotopic (exact) mass is 693 g/mol. The molecule has 2 heterocycles. The predicted octanol–water partition coefficient (Wildman–Crippen LogP) is 13.8. The Morgan fingerprint density at radius 3 is 1.72 bits per heavy atom. The van der Waals surface area contributed by atoms with Crippen molar-refractivity contribution in [3.8, 4) is 34.0 Å². The normalized spacial score (nSPS) is 11.4. The Morgan fingerprint density at radius 1 is 0.415 bits per heavy atom. The summed E-state index contributed by atoms with van der Waals surface area (Å²) in [5.41, 5.74) is 12.0. The third-order valence-corrected chi connectivity index (χ3v) is 11.4. The van der Waals surface area contributed by atoms with Gasteiger partial charge in [-0.25, -0.2) is 0 Å². The van der Waals surface area contributed by atoms with Crippen LogP contribution in [-0.4, -0.2) is 4.57 Å². The Kier molecular flexibility index (Phi) is 7.39. The average molecular weight is 694 g/mol. The minimum Gasteiger partial charge on any atom is -0.310 e. The molecule has 4 heteroatoms. The molecule has 0 N–H and O–H groups in total. The molecule has 0 atom stereocenters. The van der Waals surface area contributed by atoms with E-state index in [1.807, 2.05) is 35.6 Å². The Morgan fingerprint density at radius 2 is 0.981 bits per heavy atom. The van der Waals surface area contributed by atoms with E-state index in [-0.39, 0.29) is 0 Å². The number of fused-ring (bicyclic) bond motifs is 6. The number of anilines is 3. The fourth-order valence-electron chi connectivity index (χ4n) is 7.65. The van der Waals surface area contributed by atoms with E-state index < -0.39 is 0 Å². The van der Waals surface area contributed by atoms with Crippen LogP contribution in [0.5, 0.6) is 0 Å². The second-order valence-electron chi connectivity index (χ2n) is 13.3. The van der Waals surface area contributed by atoms with Gasteiger partial charge in [0.1, 0.15) is 0 Å². The standard InChI is InChI=1S/C49H31N3S/c50-32-33-14-21-40(22-15-33)52-46-12-6-4-10-42(46)44-30-37(20-28-47(44)52)36-18-25-39(26-19-36)51(38-23-16-35(17-24-38)34-8-2-1-3-9-34)41-27-29-49-45(31-41)43-11-5-7-13-48(43)53-49/h1-31H. The molecule has 8 aromatic carbocycles. The lowest BCUT2D eigenvalue weighted by Gasteiger charge is -2.26. The summed E-state index contributed by atoms with van der Waals surface area (Å²) in [5.74, 6) is 0. The van der Waals surface area contributed by atoms with E-state index in [2.05, 4.69) is 179 Å². The average Bonchev–Trinajstić information content (AvgIpc) is 3.77. The van der Waals surface area contributed by atoms with Crippen LogP contribution in [0.3, 0.4) is 0 Å². The maximum Gasteiger partial charge on any atom is 0.0991 e. The van der Waals surface area contributed by atoms with E-state index in [0.717, 1.165) is 44.9 Å². The molecular weight excluding hydrogens is 663 g/mol. The third-order valence-electron chi connectivity index (χ3n) is 10.2. The molecule has 3 nitrogen and oxygen atoms in total. The number of rotatable bonds is 6. The number of aromatic nitrogens is 1. The maximum atomic E-state index is 9.36. The number of benzene rings is 8. The van der Waals surface area contributed by atoms with Crippen molar-refractivity contribution in [2.75, 3.05) is 4.90 Å². The molecule has 10 rings (SSSR count). The number of para-hydroxylation sites is 1. The first-order chi connectivity index (χ1) is 26.2. The highest BCUT2D eigenvalue weighted by molar-refractivity contribution is 7.25. The zero-order valence-electron chi connectivity index (χ0n) is 28.6. The second kappa shape index (κ2) is 12.7. The van der Waals surface area contributed by atoms with Gasteiger partial charge in [0, 0.05) is 53.7 Å². The van der Waals surface area contributed by atoms with Gasteiger partial charge >= 0.3 is 0 Å². The van der Waals surface area contributed by atoms with E-state index >= 15 is 0 Å². The van der Waals surface area contributed by atoms with Crippen LogP contribution in [0.15, 0.2) is 188 Å². The molecule has 10 aromatic rings. The van der Waals surface area contributed by atoms with E-state index in [1.165, 1.54) is 42.1 Å². The molecule has 53 heavy (non-hydrogen) atoms. The molecule has 0 aliphatic carbocycles. The van der Waals surface area contributed by atoms with E-state index in [9.17, 15) is 5.26 Å². The summed E-state index contributed by atoms with van der Waals surface area (Å²) >= 11 is 1.84. The highest BCUT2D eigenvalue weighted by atomic mass is 32.1. The van der Waals surface area contributed by atoms with Crippen LogP contribution in [-0.2, 0) is 0 Å². The maximum absolute atomic E-state index is 9.36.